The number of carbonyl (C=O) groups is 2. The summed E-state index contributed by atoms with van der Waals surface area (Å²) in [4.78, 5) is 25.3. The van der Waals surface area contributed by atoms with Crippen LogP contribution >= 0.6 is 27.5 Å². The molecule has 1 saturated heterocycles. The number of rotatable bonds is 1. The molecule has 1 heterocycles. The van der Waals surface area contributed by atoms with Crippen LogP contribution in [0.3, 0.4) is 0 Å². The largest absolute Gasteiger partial charge is 0.332 e. The lowest BCUT2D eigenvalue weighted by atomic mass is 10.3. The lowest BCUT2D eigenvalue weighted by Gasteiger charge is -2.26. The topological polar surface area (TPSA) is 61.4 Å². The molecule has 1 aliphatic rings. The highest BCUT2D eigenvalue weighted by Gasteiger charge is 2.23. The van der Waals surface area contributed by atoms with Crippen LogP contribution in [0.25, 0.3) is 0 Å². The van der Waals surface area contributed by atoms with Crippen LogP contribution in [-0.2, 0) is 9.59 Å². The highest BCUT2D eigenvalue weighted by molar-refractivity contribution is 9.10. The molecule has 7 heteroatoms. The Bertz CT molecular complexity index is 504. The van der Waals surface area contributed by atoms with Crippen molar-refractivity contribution in [2.45, 2.75) is 0 Å². The van der Waals surface area contributed by atoms with Gasteiger partial charge in [0.15, 0.2) is 0 Å². The van der Waals surface area contributed by atoms with Crippen molar-refractivity contribution in [1.82, 2.24) is 10.2 Å². The number of benzene rings is 1. The predicted molar refractivity (Wildman–Crippen MR) is 77.2 cm³/mol. The number of nitrogens with one attached hydrogen (secondary N) is 2. The molecular formula is C12H13BrClN3O2. The van der Waals surface area contributed by atoms with Crippen molar-refractivity contribution in [3.05, 3.63) is 27.7 Å². The van der Waals surface area contributed by atoms with Crippen molar-refractivity contribution in [2.24, 2.45) is 0 Å². The SMILES string of the molecule is O=C(Nc1ccc(Cl)c(Br)c1)C(=O)N1CCNCC1. The van der Waals surface area contributed by atoms with Gasteiger partial charge >= 0.3 is 11.8 Å². The fourth-order valence-corrected chi connectivity index (χ4v) is 2.27. The van der Waals surface area contributed by atoms with Crippen LogP contribution < -0.4 is 10.6 Å². The van der Waals surface area contributed by atoms with Crippen molar-refractivity contribution in [3.63, 3.8) is 0 Å². The van der Waals surface area contributed by atoms with E-state index in [0.29, 0.717) is 41.4 Å². The van der Waals surface area contributed by atoms with Crippen LogP contribution in [0, 0.1) is 0 Å². The summed E-state index contributed by atoms with van der Waals surface area (Å²) in [5, 5.41) is 6.24. The average molecular weight is 347 g/mol. The van der Waals surface area contributed by atoms with Crippen LogP contribution in [0.1, 0.15) is 0 Å². The van der Waals surface area contributed by atoms with E-state index in [1.807, 2.05) is 0 Å². The first-order valence-electron chi connectivity index (χ1n) is 5.84. The quantitative estimate of drug-likeness (QED) is 0.757. The Morgan fingerprint density at radius 3 is 2.63 bits per heavy atom. The normalized spacial score (nSPS) is 15.2. The number of halogens is 2. The smallest absolute Gasteiger partial charge is 0.313 e. The minimum atomic E-state index is -0.629. The molecule has 0 aliphatic carbocycles. The third-order valence-electron chi connectivity index (χ3n) is 2.78. The van der Waals surface area contributed by atoms with E-state index in [0.717, 1.165) is 0 Å². The first-order chi connectivity index (χ1) is 9.08. The molecule has 0 aromatic heterocycles. The van der Waals surface area contributed by atoms with Crippen molar-refractivity contribution >= 4 is 45.0 Å². The third kappa shape index (κ3) is 3.68. The van der Waals surface area contributed by atoms with Crippen molar-refractivity contribution < 1.29 is 9.59 Å². The number of amides is 2. The predicted octanol–water partition coefficient (Wildman–Crippen LogP) is 1.47. The van der Waals surface area contributed by atoms with E-state index in [2.05, 4.69) is 26.6 Å². The molecule has 19 heavy (non-hydrogen) atoms. The molecule has 0 atom stereocenters. The van der Waals surface area contributed by atoms with E-state index in [1.165, 1.54) is 4.90 Å². The molecule has 0 bridgehead atoms. The molecule has 1 fully saturated rings. The zero-order chi connectivity index (χ0) is 13.8. The van der Waals surface area contributed by atoms with Gasteiger partial charge in [0.05, 0.1) is 5.02 Å². The number of nitrogens with zero attached hydrogens (tertiary/aromatic N) is 1. The van der Waals surface area contributed by atoms with Crippen LogP contribution in [0.15, 0.2) is 22.7 Å². The second-order valence-electron chi connectivity index (χ2n) is 4.13. The molecule has 1 aromatic carbocycles. The van der Waals surface area contributed by atoms with Gasteiger partial charge in [-0.05, 0) is 34.1 Å². The molecule has 5 nitrogen and oxygen atoms in total. The van der Waals surface area contributed by atoms with Gasteiger partial charge in [-0.2, -0.15) is 0 Å². The summed E-state index contributed by atoms with van der Waals surface area (Å²) in [6.07, 6.45) is 0. The van der Waals surface area contributed by atoms with E-state index in [9.17, 15) is 9.59 Å². The van der Waals surface area contributed by atoms with Crippen molar-refractivity contribution in [1.29, 1.82) is 0 Å². The standard InChI is InChI=1S/C12H13BrClN3O2/c13-9-7-8(1-2-10(9)14)16-11(18)12(19)17-5-3-15-4-6-17/h1-2,7,15H,3-6H2,(H,16,18). The average Bonchev–Trinajstić information content (AvgIpc) is 2.43. The molecule has 1 aliphatic heterocycles. The summed E-state index contributed by atoms with van der Waals surface area (Å²) < 4.78 is 0.668. The molecule has 0 spiro atoms. The maximum Gasteiger partial charge on any atom is 0.313 e. The highest BCUT2D eigenvalue weighted by atomic mass is 79.9. The van der Waals surface area contributed by atoms with Crippen LogP contribution in [-0.4, -0.2) is 42.9 Å². The van der Waals surface area contributed by atoms with Crippen LogP contribution in [0.2, 0.25) is 5.02 Å². The Balaban J connectivity index is 1.99. The second kappa shape index (κ2) is 6.36. The molecule has 0 unspecified atom stereocenters. The van der Waals surface area contributed by atoms with Crippen LogP contribution in [0.4, 0.5) is 5.69 Å². The second-order valence-corrected chi connectivity index (χ2v) is 5.39. The summed E-state index contributed by atoms with van der Waals surface area (Å²) >= 11 is 9.12. The molecule has 2 rings (SSSR count). The Morgan fingerprint density at radius 2 is 2.00 bits per heavy atom. The highest BCUT2D eigenvalue weighted by Crippen LogP contribution is 2.25. The maximum absolute atomic E-state index is 11.9. The van der Waals surface area contributed by atoms with E-state index >= 15 is 0 Å². The first kappa shape index (κ1) is 14.3. The van der Waals surface area contributed by atoms with Gasteiger partial charge in [0.25, 0.3) is 0 Å². The zero-order valence-electron chi connectivity index (χ0n) is 10.1. The number of hydrogen-bond acceptors (Lipinski definition) is 3. The number of hydrogen-bond donors (Lipinski definition) is 2. The van der Waals surface area contributed by atoms with Crippen LogP contribution in [0.5, 0.6) is 0 Å². The minimum absolute atomic E-state index is 0.507. The van der Waals surface area contributed by atoms with Crippen molar-refractivity contribution in [3.8, 4) is 0 Å². The summed E-state index contributed by atoms with van der Waals surface area (Å²) in [7, 11) is 0. The summed E-state index contributed by atoms with van der Waals surface area (Å²) in [5.41, 5.74) is 0.532. The molecule has 2 N–H and O–H groups in total. The van der Waals surface area contributed by atoms with Gasteiger partial charge in [0.2, 0.25) is 0 Å². The molecular weight excluding hydrogens is 334 g/mol. The van der Waals surface area contributed by atoms with Gasteiger partial charge in [0.1, 0.15) is 0 Å². The first-order valence-corrected chi connectivity index (χ1v) is 7.01. The van der Waals surface area contributed by atoms with E-state index < -0.39 is 11.8 Å². The Hall–Kier alpha value is -1.11. The maximum atomic E-state index is 11.9. The summed E-state index contributed by atoms with van der Waals surface area (Å²) in [6.45, 7) is 2.53. The molecule has 0 radical (unpaired) electrons. The van der Waals surface area contributed by atoms with Gasteiger partial charge < -0.3 is 15.5 Å². The van der Waals surface area contributed by atoms with E-state index in [-0.39, 0.29) is 0 Å². The van der Waals surface area contributed by atoms with E-state index in [4.69, 9.17) is 11.6 Å². The fraction of sp³-hybridized carbons (Fsp3) is 0.333. The van der Waals surface area contributed by atoms with Gasteiger partial charge in [0, 0.05) is 36.3 Å². The zero-order valence-corrected chi connectivity index (χ0v) is 12.4. The monoisotopic (exact) mass is 345 g/mol. The fourth-order valence-electron chi connectivity index (χ4n) is 1.77. The Kier molecular flexibility index (Phi) is 4.79. The molecule has 0 saturated carbocycles. The van der Waals surface area contributed by atoms with Crippen molar-refractivity contribution in [2.75, 3.05) is 31.5 Å². The summed E-state index contributed by atoms with van der Waals surface area (Å²) in [6, 6.07) is 4.96. The van der Waals surface area contributed by atoms with Gasteiger partial charge in [-0.3, -0.25) is 9.59 Å². The Morgan fingerprint density at radius 1 is 1.32 bits per heavy atom. The van der Waals surface area contributed by atoms with E-state index in [1.54, 1.807) is 18.2 Å². The number of carbonyl (C=O) groups excluding carboxylic acids is 2. The number of piperazine rings is 1. The third-order valence-corrected chi connectivity index (χ3v) is 3.99. The Labute approximate surface area is 124 Å². The summed E-state index contributed by atoms with van der Waals surface area (Å²) in [5.74, 6) is -1.14. The number of anilines is 1. The molecule has 102 valence electrons. The minimum Gasteiger partial charge on any atom is -0.332 e. The van der Waals surface area contributed by atoms with Gasteiger partial charge in [-0.1, -0.05) is 11.6 Å². The van der Waals surface area contributed by atoms with Gasteiger partial charge in [-0.25, -0.2) is 0 Å². The lowest BCUT2D eigenvalue weighted by molar-refractivity contribution is -0.143. The molecule has 1 aromatic rings. The lowest BCUT2D eigenvalue weighted by Crippen LogP contribution is -2.49. The van der Waals surface area contributed by atoms with Gasteiger partial charge in [-0.15, -0.1) is 0 Å². The molecule has 2 amide bonds.